The third-order valence-corrected chi connectivity index (χ3v) is 4.07. The van der Waals surface area contributed by atoms with E-state index >= 15 is 0 Å². The van der Waals surface area contributed by atoms with Crippen LogP contribution in [0.1, 0.15) is 58.2 Å². The maximum atomic E-state index is 6.51. The van der Waals surface area contributed by atoms with Gasteiger partial charge >= 0.3 is 0 Å². The highest BCUT2D eigenvalue weighted by Crippen LogP contribution is 2.41. The van der Waals surface area contributed by atoms with E-state index in [4.69, 9.17) is 4.43 Å². The van der Waals surface area contributed by atoms with Crippen LogP contribution >= 0.6 is 0 Å². The Hall–Kier alpha value is -0.763. The van der Waals surface area contributed by atoms with E-state index in [0.29, 0.717) is 0 Å². The lowest BCUT2D eigenvalue weighted by Crippen LogP contribution is -2.32. The molecule has 1 nitrogen and oxygen atoms in total. The average Bonchev–Trinajstić information content (AvgIpc) is 2.14. The van der Waals surface area contributed by atoms with Crippen molar-refractivity contribution in [3.05, 3.63) is 28.8 Å². The van der Waals surface area contributed by atoms with E-state index < -0.39 is 8.32 Å². The quantitative estimate of drug-likeness (QED) is 0.626. The third-order valence-electron chi connectivity index (χ3n) is 3.26. The zero-order valence-corrected chi connectivity index (χ0v) is 16.1. The second-order valence-electron chi connectivity index (χ2n) is 8.90. The molecule has 0 aliphatic carbocycles. The van der Waals surface area contributed by atoms with Crippen molar-refractivity contribution < 1.29 is 4.43 Å². The van der Waals surface area contributed by atoms with Gasteiger partial charge in [0.15, 0.2) is 0 Å². The highest BCUT2D eigenvalue weighted by atomic mass is 28.4. The first-order chi connectivity index (χ1) is 8.72. The SMILES string of the molecule is Cc1cc(C(C)(C)C)c(O[Si](C)(C)C)c(C(C)(C)C)c1. The summed E-state index contributed by atoms with van der Waals surface area (Å²) in [6, 6.07) is 4.59. The molecule has 20 heavy (non-hydrogen) atoms. The number of benzene rings is 1. The van der Waals surface area contributed by atoms with Gasteiger partial charge in [-0.15, -0.1) is 0 Å². The van der Waals surface area contributed by atoms with Crippen LogP contribution in [0.15, 0.2) is 12.1 Å². The minimum Gasteiger partial charge on any atom is -0.544 e. The molecule has 1 aromatic rings. The molecule has 114 valence electrons. The predicted molar refractivity (Wildman–Crippen MR) is 92.6 cm³/mol. The van der Waals surface area contributed by atoms with Crippen molar-refractivity contribution in [2.75, 3.05) is 0 Å². The van der Waals surface area contributed by atoms with E-state index in [9.17, 15) is 0 Å². The lowest BCUT2D eigenvalue weighted by atomic mass is 9.78. The molecule has 1 rings (SSSR count). The van der Waals surface area contributed by atoms with Crippen LogP contribution in [0, 0.1) is 6.92 Å². The topological polar surface area (TPSA) is 9.23 Å². The molecule has 0 spiro atoms. The van der Waals surface area contributed by atoms with E-state index in [-0.39, 0.29) is 10.8 Å². The summed E-state index contributed by atoms with van der Waals surface area (Å²) in [5.74, 6) is 1.13. The third kappa shape index (κ3) is 4.37. The molecule has 0 aliphatic heterocycles. The van der Waals surface area contributed by atoms with Crippen LogP contribution in [0.25, 0.3) is 0 Å². The summed E-state index contributed by atoms with van der Waals surface area (Å²) >= 11 is 0. The molecular weight excluding hydrogens is 260 g/mol. The summed E-state index contributed by atoms with van der Waals surface area (Å²) in [5.41, 5.74) is 4.19. The molecule has 0 radical (unpaired) electrons. The number of hydrogen-bond acceptors (Lipinski definition) is 1. The predicted octanol–water partition coefficient (Wildman–Crippen LogP) is 5.80. The molecule has 0 heterocycles. The van der Waals surface area contributed by atoms with Crippen molar-refractivity contribution in [1.82, 2.24) is 0 Å². The monoisotopic (exact) mass is 292 g/mol. The summed E-state index contributed by atoms with van der Waals surface area (Å²) in [5, 5.41) is 0. The maximum Gasteiger partial charge on any atom is 0.242 e. The molecule has 0 bridgehead atoms. The first-order valence-corrected chi connectivity index (χ1v) is 11.0. The van der Waals surface area contributed by atoms with Crippen LogP contribution in [0.3, 0.4) is 0 Å². The van der Waals surface area contributed by atoms with Crippen LogP contribution in [0.5, 0.6) is 5.75 Å². The normalized spacial score (nSPS) is 13.5. The minimum absolute atomic E-state index is 0.0982. The molecule has 0 atom stereocenters. The Kier molecular flexibility index (Phi) is 4.51. The highest BCUT2D eigenvalue weighted by Gasteiger charge is 2.30. The van der Waals surface area contributed by atoms with Gasteiger partial charge in [0.2, 0.25) is 8.32 Å². The Bertz CT molecular complexity index is 447. The maximum absolute atomic E-state index is 6.51. The van der Waals surface area contributed by atoms with Gasteiger partial charge in [-0.2, -0.15) is 0 Å². The Balaban J connectivity index is 3.63. The fraction of sp³-hybridized carbons (Fsp3) is 0.667. The Morgan fingerprint density at radius 1 is 0.800 bits per heavy atom. The minimum atomic E-state index is -1.64. The fourth-order valence-electron chi connectivity index (χ4n) is 2.30. The first kappa shape index (κ1) is 17.3. The number of aryl methyl sites for hydroxylation is 1. The van der Waals surface area contributed by atoms with Gasteiger partial charge in [-0.05, 0) is 48.5 Å². The second-order valence-corrected chi connectivity index (χ2v) is 13.3. The molecular formula is C18H32OSi. The van der Waals surface area contributed by atoms with Crippen LogP contribution in [-0.2, 0) is 10.8 Å². The van der Waals surface area contributed by atoms with E-state index in [1.807, 2.05) is 0 Å². The molecule has 1 aromatic carbocycles. The van der Waals surface area contributed by atoms with Gasteiger partial charge in [0.05, 0.1) is 0 Å². The largest absolute Gasteiger partial charge is 0.544 e. The number of rotatable bonds is 2. The molecule has 0 aliphatic rings. The Morgan fingerprint density at radius 3 is 1.40 bits per heavy atom. The average molecular weight is 293 g/mol. The molecule has 0 fully saturated rings. The summed E-state index contributed by atoms with van der Waals surface area (Å²) in [4.78, 5) is 0. The number of hydrogen-bond donors (Lipinski definition) is 0. The summed E-state index contributed by atoms with van der Waals surface area (Å²) in [7, 11) is -1.64. The second kappa shape index (κ2) is 5.21. The first-order valence-electron chi connectivity index (χ1n) is 7.56. The van der Waals surface area contributed by atoms with Gasteiger partial charge in [0.25, 0.3) is 0 Å². The van der Waals surface area contributed by atoms with Gasteiger partial charge in [-0.25, -0.2) is 0 Å². The van der Waals surface area contributed by atoms with Crippen molar-refractivity contribution >= 4 is 8.32 Å². The van der Waals surface area contributed by atoms with Crippen molar-refractivity contribution in [1.29, 1.82) is 0 Å². The Labute approximate surface area is 126 Å². The standard InChI is InChI=1S/C18H32OSi/c1-13-11-14(17(2,3)4)16(19-20(8,9)10)15(12-13)18(5,6)7/h11-12H,1-10H3. The molecule has 0 saturated carbocycles. The Morgan fingerprint density at radius 2 is 1.15 bits per heavy atom. The van der Waals surface area contributed by atoms with Gasteiger partial charge in [-0.3, -0.25) is 0 Å². The van der Waals surface area contributed by atoms with Gasteiger partial charge in [-0.1, -0.05) is 59.2 Å². The molecule has 0 amide bonds. The van der Waals surface area contributed by atoms with E-state index in [2.05, 4.69) is 80.2 Å². The van der Waals surface area contributed by atoms with Gasteiger partial charge in [0.1, 0.15) is 5.75 Å². The van der Waals surface area contributed by atoms with Crippen molar-refractivity contribution in [3.63, 3.8) is 0 Å². The highest BCUT2D eigenvalue weighted by molar-refractivity contribution is 6.70. The summed E-state index contributed by atoms with van der Waals surface area (Å²) in [6.07, 6.45) is 0. The van der Waals surface area contributed by atoms with Gasteiger partial charge in [0, 0.05) is 0 Å². The fourth-order valence-corrected chi connectivity index (χ4v) is 3.14. The van der Waals surface area contributed by atoms with Crippen molar-refractivity contribution in [2.24, 2.45) is 0 Å². The molecule has 0 unspecified atom stereocenters. The zero-order chi connectivity index (χ0) is 15.9. The van der Waals surface area contributed by atoms with Crippen LogP contribution in [0.4, 0.5) is 0 Å². The van der Waals surface area contributed by atoms with Gasteiger partial charge < -0.3 is 4.43 Å². The van der Waals surface area contributed by atoms with E-state index in [1.165, 1.54) is 16.7 Å². The van der Waals surface area contributed by atoms with Crippen LogP contribution in [0.2, 0.25) is 19.6 Å². The van der Waals surface area contributed by atoms with E-state index in [0.717, 1.165) is 5.75 Å². The van der Waals surface area contributed by atoms with Crippen LogP contribution in [-0.4, -0.2) is 8.32 Å². The summed E-state index contributed by atoms with van der Waals surface area (Å²) in [6.45, 7) is 22.6. The summed E-state index contributed by atoms with van der Waals surface area (Å²) < 4.78 is 6.51. The molecule has 0 N–H and O–H groups in total. The molecule has 2 heteroatoms. The lowest BCUT2D eigenvalue weighted by Gasteiger charge is -2.33. The zero-order valence-electron chi connectivity index (χ0n) is 15.1. The molecule has 0 saturated heterocycles. The smallest absolute Gasteiger partial charge is 0.242 e. The van der Waals surface area contributed by atoms with Crippen molar-refractivity contribution in [2.45, 2.75) is 78.9 Å². The molecule has 0 aromatic heterocycles. The van der Waals surface area contributed by atoms with Crippen molar-refractivity contribution in [3.8, 4) is 5.75 Å². The van der Waals surface area contributed by atoms with E-state index in [1.54, 1.807) is 0 Å². The van der Waals surface area contributed by atoms with Crippen LogP contribution < -0.4 is 4.43 Å². The lowest BCUT2D eigenvalue weighted by molar-refractivity contribution is 0.477.